The van der Waals surface area contributed by atoms with Crippen molar-refractivity contribution in [1.29, 1.82) is 0 Å². The van der Waals surface area contributed by atoms with Crippen molar-refractivity contribution in [3.05, 3.63) is 64.7 Å². The summed E-state index contributed by atoms with van der Waals surface area (Å²) in [6.45, 7) is 1.97. The number of amides is 1. The molecule has 1 atom stereocenters. The smallest absolute Gasteiger partial charge is 0.253 e. The fourth-order valence-electron chi connectivity index (χ4n) is 1.86. The van der Waals surface area contributed by atoms with Crippen molar-refractivity contribution in [1.82, 2.24) is 5.32 Å². The molecule has 2 aromatic rings. The minimum atomic E-state index is -1.74. The van der Waals surface area contributed by atoms with Crippen molar-refractivity contribution in [2.75, 3.05) is 5.32 Å². The molecule has 0 saturated heterocycles. The predicted octanol–water partition coefficient (Wildman–Crippen LogP) is 5.19. The Hall–Kier alpha value is -1.13. The first-order valence-electron chi connectivity index (χ1n) is 6.72. The fraction of sp³-hybridized carbons (Fsp3) is 0.188. The van der Waals surface area contributed by atoms with Crippen molar-refractivity contribution in [2.45, 2.75) is 16.9 Å². The van der Waals surface area contributed by atoms with Gasteiger partial charge in [0.05, 0.1) is 0 Å². The Morgan fingerprint density at radius 3 is 2.30 bits per heavy atom. The molecule has 0 radical (unpaired) electrons. The number of anilines is 1. The van der Waals surface area contributed by atoms with Crippen LogP contribution < -0.4 is 10.6 Å². The average Bonchev–Trinajstić information content (AvgIpc) is 2.47. The van der Waals surface area contributed by atoms with E-state index in [4.69, 9.17) is 46.4 Å². The number of hydrogen-bond donors (Lipinski definition) is 2. The van der Waals surface area contributed by atoms with Crippen LogP contribution in [-0.4, -0.2) is 15.9 Å². The third-order valence-electron chi connectivity index (χ3n) is 3.05. The molecule has 0 aliphatic carbocycles. The van der Waals surface area contributed by atoms with Gasteiger partial charge in [0.25, 0.3) is 5.91 Å². The van der Waals surface area contributed by atoms with E-state index in [1.807, 2.05) is 31.2 Å². The third-order valence-corrected chi connectivity index (χ3v) is 3.94. The Morgan fingerprint density at radius 1 is 1.09 bits per heavy atom. The van der Waals surface area contributed by atoms with E-state index >= 15 is 0 Å². The van der Waals surface area contributed by atoms with Crippen LogP contribution in [0.2, 0.25) is 5.02 Å². The molecule has 0 fully saturated rings. The van der Waals surface area contributed by atoms with Crippen molar-refractivity contribution in [2.24, 2.45) is 0 Å². The number of carbonyl (C=O) groups excluding carboxylic acids is 1. The first-order chi connectivity index (χ1) is 10.8. The highest BCUT2D eigenvalue weighted by molar-refractivity contribution is 6.68. The monoisotopic (exact) mass is 390 g/mol. The summed E-state index contributed by atoms with van der Waals surface area (Å²) in [4.78, 5) is 12.3. The highest BCUT2D eigenvalue weighted by Crippen LogP contribution is 2.31. The number of aryl methyl sites for hydroxylation is 1. The Bertz CT molecular complexity index is 683. The summed E-state index contributed by atoms with van der Waals surface area (Å²) in [5.41, 5.74) is 2.20. The molecule has 2 rings (SSSR count). The van der Waals surface area contributed by atoms with E-state index < -0.39 is 15.9 Å². The zero-order valence-corrected chi connectivity index (χ0v) is 15.1. The van der Waals surface area contributed by atoms with Gasteiger partial charge in [-0.15, -0.1) is 0 Å². The van der Waals surface area contributed by atoms with Gasteiger partial charge < -0.3 is 10.6 Å². The number of alkyl halides is 3. The number of halogens is 4. The molecule has 2 N–H and O–H groups in total. The van der Waals surface area contributed by atoms with Gasteiger partial charge in [0.2, 0.25) is 3.79 Å². The van der Waals surface area contributed by atoms with Crippen molar-refractivity contribution in [3.63, 3.8) is 0 Å². The summed E-state index contributed by atoms with van der Waals surface area (Å²) >= 11 is 23.8. The van der Waals surface area contributed by atoms with E-state index in [2.05, 4.69) is 10.6 Å². The van der Waals surface area contributed by atoms with E-state index in [1.165, 1.54) is 6.07 Å². The van der Waals surface area contributed by atoms with E-state index in [0.29, 0.717) is 10.6 Å². The molecule has 0 saturated carbocycles. The number of rotatable bonds is 4. The molecule has 0 spiro atoms. The Labute approximate surface area is 154 Å². The van der Waals surface area contributed by atoms with E-state index in [0.717, 1.165) is 11.3 Å². The van der Waals surface area contributed by atoms with E-state index in [-0.39, 0.29) is 0 Å². The summed E-state index contributed by atoms with van der Waals surface area (Å²) in [6, 6.07) is 14.0. The van der Waals surface area contributed by atoms with Gasteiger partial charge in [0.1, 0.15) is 6.17 Å². The first kappa shape index (κ1) is 18.2. The van der Waals surface area contributed by atoms with Gasteiger partial charge in [-0.1, -0.05) is 70.2 Å². The zero-order valence-electron chi connectivity index (χ0n) is 12.1. The number of nitrogens with one attached hydrogen (secondary N) is 2. The maximum absolute atomic E-state index is 12.3. The second kappa shape index (κ2) is 7.63. The van der Waals surface area contributed by atoms with E-state index in [1.54, 1.807) is 18.2 Å². The predicted molar refractivity (Wildman–Crippen MR) is 97.8 cm³/mol. The zero-order chi connectivity index (χ0) is 17.0. The molecule has 0 aliphatic rings. The second-order valence-corrected chi connectivity index (χ2v) is 7.77. The van der Waals surface area contributed by atoms with Crippen molar-refractivity contribution >= 4 is 58.0 Å². The van der Waals surface area contributed by atoms with Gasteiger partial charge in [-0.05, 0) is 37.3 Å². The molecular weight excluding hydrogens is 378 g/mol. The maximum atomic E-state index is 12.3. The summed E-state index contributed by atoms with van der Waals surface area (Å²) in [7, 11) is 0. The van der Waals surface area contributed by atoms with Gasteiger partial charge in [-0.3, -0.25) is 4.79 Å². The van der Waals surface area contributed by atoms with Crippen molar-refractivity contribution < 1.29 is 4.79 Å². The largest absolute Gasteiger partial charge is 0.362 e. The Morgan fingerprint density at radius 2 is 1.74 bits per heavy atom. The molecule has 0 heterocycles. The van der Waals surface area contributed by atoms with E-state index in [9.17, 15) is 4.79 Å². The van der Waals surface area contributed by atoms with Crippen LogP contribution in [0.15, 0.2) is 48.5 Å². The number of carbonyl (C=O) groups is 1. The van der Waals surface area contributed by atoms with Crippen LogP contribution in [0, 0.1) is 6.92 Å². The fourth-order valence-corrected chi connectivity index (χ4v) is 2.38. The van der Waals surface area contributed by atoms with Crippen LogP contribution >= 0.6 is 46.4 Å². The van der Waals surface area contributed by atoms with Gasteiger partial charge in [-0.2, -0.15) is 0 Å². The SMILES string of the molecule is Cc1ccc(N[C@@H](NC(=O)c2cccc(Cl)c2)C(Cl)(Cl)Cl)cc1. The Kier molecular flexibility index (Phi) is 6.04. The molecule has 0 aliphatic heterocycles. The molecular formula is C16H14Cl4N2O. The molecule has 122 valence electrons. The van der Waals surface area contributed by atoms with Crippen LogP contribution in [0.1, 0.15) is 15.9 Å². The minimum absolute atomic E-state index is 0.377. The lowest BCUT2D eigenvalue weighted by Crippen LogP contribution is -2.49. The first-order valence-corrected chi connectivity index (χ1v) is 8.23. The molecule has 23 heavy (non-hydrogen) atoms. The molecule has 0 aromatic heterocycles. The molecule has 0 unspecified atom stereocenters. The molecule has 1 amide bonds. The van der Waals surface area contributed by atoms with Gasteiger partial charge in [0.15, 0.2) is 0 Å². The lowest BCUT2D eigenvalue weighted by atomic mass is 10.2. The summed E-state index contributed by atoms with van der Waals surface area (Å²) < 4.78 is -1.74. The van der Waals surface area contributed by atoms with Gasteiger partial charge in [0, 0.05) is 16.3 Å². The summed E-state index contributed by atoms with van der Waals surface area (Å²) in [5.74, 6) is -0.400. The van der Waals surface area contributed by atoms with Gasteiger partial charge in [-0.25, -0.2) is 0 Å². The second-order valence-electron chi connectivity index (χ2n) is 4.97. The Balaban J connectivity index is 2.16. The minimum Gasteiger partial charge on any atom is -0.362 e. The van der Waals surface area contributed by atoms with Gasteiger partial charge >= 0.3 is 0 Å². The van der Waals surface area contributed by atoms with Crippen LogP contribution in [0.4, 0.5) is 5.69 Å². The third kappa shape index (κ3) is 5.47. The standard InChI is InChI=1S/C16H14Cl4N2O/c1-10-5-7-13(8-6-10)21-15(16(18,19)20)22-14(23)11-3-2-4-12(17)9-11/h2-9,15,21H,1H3,(H,22,23)/t15-/m0/s1. The summed E-state index contributed by atoms with van der Waals surface area (Å²) in [6.07, 6.45) is -0.915. The normalized spacial score (nSPS) is 12.6. The quantitative estimate of drug-likeness (QED) is 0.556. The topological polar surface area (TPSA) is 41.1 Å². The van der Waals surface area contributed by atoms with Crippen LogP contribution in [-0.2, 0) is 0 Å². The number of hydrogen-bond acceptors (Lipinski definition) is 2. The van der Waals surface area contributed by atoms with Crippen LogP contribution in [0.3, 0.4) is 0 Å². The highest BCUT2D eigenvalue weighted by Gasteiger charge is 2.34. The summed E-state index contributed by atoms with van der Waals surface area (Å²) in [5, 5.41) is 6.11. The lowest BCUT2D eigenvalue weighted by molar-refractivity contribution is 0.0942. The molecule has 3 nitrogen and oxygen atoms in total. The highest BCUT2D eigenvalue weighted by atomic mass is 35.6. The van der Waals surface area contributed by atoms with Crippen molar-refractivity contribution in [3.8, 4) is 0 Å². The van der Waals surface area contributed by atoms with Crippen LogP contribution in [0.5, 0.6) is 0 Å². The molecule has 0 bridgehead atoms. The average molecular weight is 392 g/mol. The molecule has 7 heteroatoms. The lowest BCUT2D eigenvalue weighted by Gasteiger charge is -2.27. The number of benzene rings is 2. The molecule has 2 aromatic carbocycles. The van der Waals surface area contributed by atoms with Crippen LogP contribution in [0.25, 0.3) is 0 Å². The maximum Gasteiger partial charge on any atom is 0.253 e.